The van der Waals surface area contributed by atoms with Gasteiger partial charge in [0.15, 0.2) is 15.0 Å². The minimum Gasteiger partial charge on any atom is -0.349 e. The predicted octanol–water partition coefficient (Wildman–Crippen LogP) is 1.52. The molecule has 1 saturated carbocycles. The van der Waals surface area contributed by atoms with Crippen LogP contribution in [0, 0.1) is 0 Å². The maximum absolute atomic E-state index is 12.8. The lowest BCUT2D eigenvalue weighted by Gasteiger charge is -2.23. The molecule has 1 amide bonds. The Bertz CT molecular complexity index is 1080. The van der Waals surface area contributed by atoms with Crippen LogP contribution in [0.4, 0.5) is 0 Å². The van der Waals surface area contributed by atoms with E-state index in [0.717, 1.165) is 12.8 Å². The molecule has 0 bridgehead atoms. The molecule has 2 heterocycles. The molecule has 2 aliphatic rings. The van der Waals surface area contributed by atoms with E-state index in [2.05, 4.69) is 10.3 Å². The molecule has 1 atom stereocenters. The van der Waals surface area contributed by atoms with Crippen LogP contribution in [0.3, 0.4) is 0 Å². The summed E-state index contributed by atoms with van der Waals surface area (Å²) < 4.78 is 25.1. The molecule has 1 aromatic heterocycles. The number of para-hydroxylation sites is 1. The third-order valence-corrected chi connectivity index (χ3v) is 7.82. The minimum absolute atomic E-state index is 0.0303. The molecule has 144 valence electrons. The highest BCUT2D eigenvalue weighted by Gasteiger charge is 2.39. The molecule has 0 unspecified atom stereocenters. The van der Waals surface area contributed by atoms with Gasteiger partial charge in [-0.25, -0.2) is 13.4 Å². The molecular weight excluding hydrogens is 386 g/mol. The highest BCUT2D eigenvalue weighted by molar-refractivity contribution is 7.99. The maximum atomic E-state index is 12.8. The Kier molecular flexibility index (Phi) is 4.54. The van der Waals surface area contributed by atoms with Gasteiger partial charge in [0, 0.05) is 6.04 Å². The molecular formula is C18H21N3O4S2. The van der Waals surface area contributed by atoms with Gasteiger partial charge in [0.05, 0.1) is 33.7 Å². The van der Waals surface area contributed by atoms with Crippen molar-refractivity contribution in [3.8, 4) is 0 Å². The van der Waals surface area contributed by atoms with E-state index in [4.69, 9.17) is 0 Å². The number of fused-ring (bicyclic) bond motifs is 1. The lowest BCUT2D eigenvalue weighted by molar-refractivity contribution is -0.120. The fourth-order valence-corrected chi connectivity index (χ4v) is 6.45. The van der Waals surface area contributed by atoms with Crippen molar-refractivity contribution in [2.75, 3.05) is 17.3 Å². The highest BCUT2D eigenvalue weighted by atomic mass is 32.2. The minimum atomic E-state index is -3.09. The quantitative estimate of drug-likeness (QED) is 0.596. The van der Waals surface area contributed by atoms with Gasteiger partial charge in [0.25, 0.3) is 5.56 Å². The van der Waals surface area contributed by atoms with Gasteiger partial charge in [0.2, 0.25) is 5.91 Å². The number of hydrogen-bond acceptors (Lipinski definition) is 6. The Morgan fingerprint density at radius 1 is 1.37 bits per heavy atom. The van der Waals surface area contributed by atoms with Crippen molar-refractivity contribution in [1.29, 1.82) is 0 Å². The summed E-state index contributed by atoms with van der Waals surface area (Å²) in [6.45, 7) is 1.76. The monoisotopic (exact) mass is 407 g/mol. The van der Waals surface area contributed by atoms with E-state index in [1.54, 1.807) is 23.6 Å². The van der Waals surface area contributed by atoms with Crippen molar-refractivity contribution >= 4 is 38.4 Å². The average molecular weight is 408 g/mol. The number of sulfone groups is 1. The molecule has 7 nitrogen and oxygen atoms in total. The van der Waals surface area contributed by atoms with E-state index in [-0.39, 0.29) is 34.8 Å². The summed E-state index contributed by atoms with van der Waals surface area (Å²) >= 11 is 1.22. The van der Waals surface area contributed by atoms with Crippen LogP contribution in [0.15, 0.2) is 34.2 Å². The Hall–Kier alpha value is -1.87. The fraction of sp³-hybridized carbons (Fsp3) is 0.500. The van der Waals surface area contributed by atoms with Gasteiger partial charge >= 0.3 is 0 Å². The van der Waals surface area contributed by atoms with E-state index < -0.39 is 15.4 Å². The van der Waals surface area contributed by atoms with Crippen molar-refractivity contribution in [1.82, 2.24) is 14.9 Å². The standard InChI is InChI=1S/C18H21N3O4S2/c1-18(8-9-27(24,25)11-18)20-15(22)10-26-17-19-14-5-3-2-4-13(14)16(23)21(17)12-6-7-12/h2-5,12H,6-11H2,1H3,(H,20,22)/t18-/m1/s1. The van der Waals surface area contributed by atoms with Crippen molar-refractivity contribution < 1.29 is 13.2 Å². The van der Waals surface area contributed by atoms with Gasteiger partial charge in [-0.15, -0.1) is 0 Å². The first-order chi connectivity index (χ1) is 12.8. The molecule has 1 aliphatic carbocycles. The number of amides is 1. The number of aromatic nitrogens is 2. The zero-order valence-corrected chi connectivity index (χ0v) is 16.6. The third-order valence-electron chi connectivity index (χ3n) is 4.96. The van der Waals surface area contributed by atoms with Crippen LogP contribution in [0.1, 0.15) is 32.2 Å². The number of thioether (sulfide) groups is 1. The summed E-state index contributed by atoms with van der Waals surface area (Å²) in [6, 6.07) is 7.37. The van der Waals surface area contributed by atoms with Crippen molar-refractivity contribution in [3.63, 3.8) is 0 Å². The van der Waals surface area contributed by atoms with Gasteiger partial charge in [-0.3, -0.25) is 14.2 Å². The number of hydrogen-bond donors (Lipinski definition) is 1. The van der Waals surface area contributed by atoms with Crippen LogP contribution >= 0.6 is 11.8 Å². The molecule has 0 spiro atoms. The topological polar surface area (TPSA) is 98.1 Å². The largest absolute Gasteiger partial charge is 0.349 e. The van der Waals surface area contributed by atoms with E-state index in [1.165, 1.54) is 11.8 Å². The Balaban J connectivity index is 1.53. The molecule has 0 radical (unpaired) electrons. The summed E-state index contributed by atoms with van der Waals surface area (Å²) in [4.78, 5) is 29.8. The normalized spacial score (nSPS) is 24.2. The second-order valence-electron chi connectivity index (χ2n) is 7.56. The SMILES string of the molecule is C[C@@]1(NC(=O)CSc2nc3ccccc3c(=O)n2C2CC2)CCS(=O)(=O)C1. The molecule has 4 rings (SSSR count). The Labute approximate surface area is 161 Å². The smallest absolute Gasteiger partial charge is 0.262 e. The van der Waals surface area contributed by atoms with Crippen LogP contribution in [0.2, 0.25) is 0 Å². The van der Waals surface area contributed by atoms with E-state index >= 15 is 0 Å². The fourth-order valence-electron chi connectivity index (χ4n) is 3.49. The number of carbonyl (C=O) groups is 1. The maximum Gasteiger partial charge on any atom is 0.262 e. The molecule has 1 N–H and O–H groups in total. The van der Waals surface area contributed by atoms with Crippen LogP contribution in [-0.2, 0) is 14.6 Å². The first-order valence-electron chi connectivity index (χ1n) is 8.92. The molecule has 1 saturated heterocycles. The average Bonchev–Trinajstić information content (AvgIpc) is 3.38. The van der Waals surface area contributed by atoms with Crippen molar-refractivity contribution in [2.45, 2.75) is 42.9 Å². The lowest BCUT2D eigenvalue weighted by Crippen LogP contribution is -2.47. The predicted molar refractivity (Wildman–Crippen MR) is 105 cm³/mol. The Morgan fingerprint density at radius 2 is 2.11 bits per heavy atom. The van der Waals surface area contributed by atoms with Crippen LogP contribution in [0.25, 0.3) is 10.9 Å². The van der Waals surface area contributed by atoms with Gasteiger partial charge in [-0.05, 0) is 38.3 Å². The van der Waals surface area contributed by atoms with Gasteiger partial charge < -0.3 is 5.32 Å². The summed E-state index contributed by atoms with van der Waals surface area (Å²) in [5.74, 6) is -0.0843. The van der Waals surface area contributed by atoms with Crippen molar-refractivity contribution in [2.24, 2.45) is 0 Å². The first kappa shape index (κ1) is 18.5. The van der Waals surface area contributed by atoms with Gasteiger partial charge in [-0.2, -0.15) is 0 Å². The zero-order valence-electron chi connectivity index (χ0n) is 15.0. The second kappa shape index (κ2) is 6.63. The van der Waals surface area contributed by atoms with Crippen LogP contribution in [-0.4, -0.2) is 46.7 Å². The molecule has 9 heteroatoms. The highest BCUT2D eigenvalue weighted by Crippen LogP contribution is 2.36. The first-order valence-corrected chi connectivity index (χ1v) is 11.7. The third kappa shape index (κ3) is 3.89. The number of nitrogens with zero attached hydrogens (tertiary/aromatic N) is 2. The van der Waals surface area contributed by atoms with Crippen LogP contribution in [0.5, 0.6) is 0 Å². The van der Waals surface area contributed by atoms with Crippen LogP contribution < -0.4 is 10.9 Å². The molecule has 27 heavy (non-hydrogen) atoms. The summed E-state index contributed by atoms with van der Waals surface area (Å²) in [6.07, 6.45) is 2.30. The summed E-state index contributed by atoms with van der Waals surface area (Å²) in [7, 11) is -3.09. The van der Waals surface area contributed by atoms with Crippen molar-refractivity contribution in [3.05, 3.63) is 34.6 Å². The molecule has 2 fully saturated rings. The van der Waals surface area contributed by atoms with E-state index in [1.807, 2.05) is 12.1 Å². The summed E-state index contributed by atoms with van der Waals surface area (Å²) in [5, 5.41) is 3.97. The van der Waals surface area contributed by atoms with Gasteiger partial charge in [-0.1, -0.05) is 23.9 Å². The number of rotatable bonds is 5. The Morgan fingerprint density at radius 3 is 2.78 bits per heavy atom. The molecule has 2 aromatic rings. The number of nitrogens with one attached hydrogen (secondary N) is 1. The number of benzene rings is 1. The molecule has 1 aliphatic heterocycles. The van der Waals surface area contributed by atoms with E-state index in [0.29, 0.717) is 22.5 Å². The van der Waals surface area contributed by atoms with Gasteiger partial charge in [0.1, 0.15) is 0 Å². The molecule has 1 aromatic carbocycles. The lowest BCUT2D eigenvalue weighted by atomic mass is 10.0. The number of carbonyl (C=O) groups excluding carboxylic acids is 1. The van der Waals surface area contributed by atoms with E-state index in [9.17, 15) is 18.0 Å². The summed E-state index contributed by atoms with van der Waals surface area (Å²) in [5.41, 5.74) is -0.167. The second-order valence-corrected chi connectivity index (χ2v) is 10.7. The zero-order chi connectivity index (χ0) is 19.2.